The van der Waals surface area contributed by atoms with Crippen molar-refractivity contribution in [3.8, 4) is 0 Å². The summed E-state index contributed by atoms with van der Waals surface area (Å²) in [6.07, 6.45) is 3.01. The average Bonchev–Trinajstić information content (AvgIpc) is 3.18. The lowest BCUT2D eigenvalue weighted by molar-refractivity contribution is 0.504. The van der Waals surface area contributed by atoms with Crippen molar-refractivity contribution in [2.75, 3.05) is 17.4 Å². The normalized spacial score (nSPS) is 11.1. The number of aromatic nitrogens is 2. The summed E-state index contributed by atoms with van der Waals surface area (Å²) in [6, 6.07) is 13.0. The second kappa shape index (κ2) is 7.77. The Labute approximate surface area is 156 Å². The maximum absolute atomic E-state index is 12.7. The molecule has 8 heteroatoms. The molecule has 3 aromatic rings. The Bertz CT molecular complexity index is 1050. The fraction of sp³-hybridized carbons (Fsp3) is 0.211. The quantitative estimate of drug-likeness (QED) is 0.530. The molecule has 140 valence electrons. The van der Waals surface area contributed by atoms with Crippen molar-refractivity contribution in [3.63, 3.8) is 0 Å². The van der Waals surface area contributed by atoms with Gasteiger partial charge in [0.1, 0.15) is 17.1 Å². The number of furan rings is 1. The number of benzene rings is 1. The fourth-order valence-corrected chi connectivity index (χ4v) is 2.83. The standard InChI is InChI=1S/C19H21N5O3/c1-22(13-15-10-7-11-27-15)17-16(18(25)24(3)19(26)23(17)2)12-20-21-14-8-5-4-6-9-14/h4-12,21H,13H2,1-3H3/b20-12+. The van der Waals surface area contributed by atoms with Crippen LogP contribution in [0, 0.1) is 0 Å². The van der Waals surface area contributed by atoms with Crippen LogP contribution in [0.3, 0.4) is 0 Å². The molecule has 0 unspecified atom stereocenters. The molecule has 1 aromatic carbocycles. The molecule has 0 amide bonds. The number of hydrogen-bond acceptors (Lipinski definition) is 6. The Morgan fingerprint density at radius 3 is 2.52 bits per heavy atom. The summed E-state index contributed by atoms with van der Waals surface area (Å²) in [5, 5.41) is 4.17. The third-order valence-electron chi connectivity index (χ3n) is 4.16. The molecule has 1 N–H and O–H groups in total. The molecule has 0 bridgehead atoms. The van der Waals surface area contributed by atoms with E-state index < -0.39 is 11.2 Å². The Kier molecular flexibility index (Phi) is 5.25. The molecule has 0 atom stereocenters. The first-order chi connectivity index (χ1) is 13.0. The predicted octanol–water partition coefficient (Wildman–Crippen LogP) is 1.76. The largest absolute Gasteiger partial charge is 0.467 e. The minimum absolute atomic E-state index is 0.303. The first-order valence-electron chi connectivity index (χ1n) is 8.36. The summed E-state index contributed by atoms with van der Waals surface area (Å²) in [5.41, 5.74) is 3.15. The van der Waals surface area contributed by atoms with E-state index in [2.05, 4.69) is 10.5 Å². The zero-order chi connectivity index (χ0) is 19.4. The molecule has 3 rings (SSSR count). The van der Waals surface area contributed by atoms with Crippen LogP contribution in [0.2, 0.25) is 0 Å². The predicted molar refractivity (Wildman–Crippen MR) is 105 cm³/mol. The van der Waals surface area contributed by atoms with E-state index >= 15 is 0 Å². The molecule has 0 spiro atoms. The van der Waals surface area contributed by atoms with Crippen LogP contribution in [-0.2, 0) is 20.6 Å². The number of nitrogens with one attached hydrogen (secondary N) is 1. The van der Waals surface area contributed by atoms with E-state index in [1.807, 2.05) is 36.4 Å². The van der Waals surface area contributed by atoms with Gasteiger partial charge in [-0.15, -0.1) is 0 Å². The molecule has 0 aliphatic heterocycles. The summed E-state index contributed by atoms with van der Waals surface area (Å²) < 4.78 is 7.86. The maximum Gasteiger partial charge on any atom is 0.332 e. The highest BCUT2D eigenvalue weighted by atomic mass is 16.3. The summed E-state index contributed by atoms with van der Waals surface area (Å²) in [7, 11) is 4.86. The SMILES string of the molecule is CN(Cc1ccco1)c1c(/C=N/Nc2ccccc2)c(=O)n(C)c(=O)n1C. The van der Waals surface area contributed by atoms with Gasteiger partial charge in [-0.2, -0.15) is 5.10 Å². The third-order valence-corrected chi connectivity index (χ3v) is 4.16. The van der Waals surface area contributed by atoms with Crippen LogP contribution in [-0.4, -0.2) is 22.4 Å². The molecule has 0 saturated carbocycles. The van der Waals surface area contributed by atoms with Crippen molar-refractivity contribution < 1.29 is 4.42 Å². The lowest BCUT2D eigenvalue weighted by Gasteiger charge is -2.23. The number of nitrogens with zero attached hydrogens (tertiary/aromatic N) is 4. The van der Waals surface area contributed by atoms with Crippen molar-refractivity contribution in [1.29, 1.82) is 0 Å². The van der Waals surface area contributed by atoms with Crippen LogP contribution >= 0.6 is 0 Å². The van der Waals surface area contributed by atoms with Gasteiger partial charge in [-0.1, -0.05) is 18.2 Å². The molecule has 2 heterocycles. The highest BCUT2D eigenvalue weighted by molar-refractivity contribution is 5.86. The van der Waals surface area contributed by atoms with Gasteiger partial charge >= 0.3 is 5.69 Å². The number of rotatable bonds is 6. The van der Waals surface area contributed by atoms with Gasteiger partial charge in [-0.25, -0.2) is 4.79 Å². The minimum atomic E-state index is -0.419. The summed E-state index contributed by atoms with van der Waals surface area (Å²) in [4.78, 5) is 26.9. The molecule has 27 heavy (non-hydrogen) atoms. The van der Waals surface area contributed by atoms with Gasteiger partial charge in [0.25, 0.3) is 5.56 Å². The van der Waals surface area contributed by atoms with Crippen LogP contribution in [0.15, 0.2) is 67.8 Å². The van der Waals surface area contributed by atoms with Crippen LogP contribution in [0.1, 0.15) is 11.3 Å². The molecule has 0 fully saturated rings. The number of hydrogen-bond donors (Lipinski definition) is 1. The van der Waals surface area contributed by atoms with Gasteiger partial charge in [0, 0.05) is 21.1 Å². The molecule has 0 aliphatic rings. The highest BCUT2D eigenvalue weighted by Gasteiger charge is 2.18. The van der Waals surface area contributed by atoms with Gasteiger partial charge in [0.2, 0.25) is 0 Å². The van der Waals surface area contributed by atoms with Crippen molar-refractivity contribution in [2.24, 2.45) is 19.2 Å². The molecular formula is C19H21N5O3. The molecule has 0 saturated heterocycles. The second-order valence-electron chi connectivity index (χ2n) is 6.11. The van der Waals surface area contributed by atoms with Crippen LogP contribution in [0.4, 0.5) is 11.5 Å². The topological polar surface area (TPSA) is 84.8 Å². The van der Waals surface area contributed by atoms with Gasteiger partial charge in [-0.05, 0) is 24.3 Å². The van der Waals surface area contributed by atoms with Gasteiger partial charge in [-0.3, -0.25) is 19.4 Å². The zero-order valence-corrected chi connectivity index (χ0v) is 15.4. The van der Waals surface area contributed by atoms with Crippen molar-refractivity contribution in [1.82, 2.24) is 9.13 Å². The highest BCUT2D eigenvalue weighted by Crippen LogP contribution is 2.16. The van der Waals surface area contributed by atoms with E-state index in [0.29, 0.717) is 17.9 Å². The third kappa shape index (κ3) is 3.84. The van der Waals surface area contributed by atoms with Crippen LogP contribution < -0.4 is 21.6 Å². The van der Waals surface area contributed by atoms with E-state index in [0.717, 1.165) is 16.0 Å². The van der Waals surface area contributed by atoms with Gasteiger partial charge in [0.15, 0.2) is 0 Å². The van der Waals surface area contributed by atoms with E-state index in [1.54, 1.807) is 31.3 Å². The Morgan fingerprint density at radius 2 is 1.85 bits per heavy atom. The van der Waals surface area contributed by atoms with Crippen molar-refractivity contribution in [2.45, 2.75) is 6.54 Å². The average molecular weight is 367 g/mol. The second-order valence-corrected chi connectivity index (χ2v) is 6.11. The fourth-order valence-electron chi connectivity index (χ4n) is 2.83. The number of para-hydroxylation sites is 1. The smallest absolute Gasteiger partial charge is 0.332 e. The Morgan fingerprint density at radius 1 is 1.11 bits per heavy atom. The van der Waals surface area contributed by atoms with E-state index in [-0.39, 0.29) is 0 Å². The van der Waals surface area contributed by atoms with E-state index in [4.69, 9.17) is 4.42 Å². The molecule has 0 radical (unpaired) electrons. The first kappa shape index (κ1) is 18.2. The van der Waals surface area contributed by atoms with Crippen LogP contribution in [0.25, 0.3) is 0 Å². The minimum Gasteiger partial charge on any atom is -0.467 e. The Balaban J connectivity index is 2.00. The van der Waals surface area contributed by atoms with Crippen molar-refractivity contribution >= 4 is 17.7 Å². The number of hydrazone groups is 1. The molecule has 8 nitrogen and oxygen atoms in total. The summed E-state index contributed by atoms with van der Waals surface area (Å²) >= 11 is 0. The van der Waals surface area contributed by atoms with E-state index in [9.17, 15) is 9.59 Å². The van der Waals surface area contributed by atoms with Gasteiger partial charge < -0.3 is 9.32 Å². The van der Waals surface area contributed by atoms with Crippen molar-refractivity contribution in [3.05, 3.63) is 80.9 Å². The molecule has 2 aromatic heterocycles. The first-order valence-corrected chi connectivity index (χ1v) is 8.36. The molecule has 0 aliphatic carbocycles. The Hall–Kier alpha value is -3.55. The maximum atomic E-state index is 12.7. The van der Waals surface area contributed by atoms with E-state index in [1.165, 1.54) is 17.8 Å². The number of anilines is 2. The summed E-state index contributed by atoms with van der Waals surface area (Å²) in [6.45, 7) is 0.403. The van der Waals surface area contributed by atoms with Crippen LogP contribution in [0.5, 0.6) is 0 Å². The lowest BCUT2D eigenvalue weighted by atomic mass is 10.3. The summed E-state index contributed by atoms with van der Waals surface area (Å²) in [5.74, 6) is 1.18. The zero-order valence-electron chi connectivity index (χ0n) is 15.4. The lowest BCUT2D eigenvalue weighted by Crippen LogP contribution is -2.42. The monoisotopic (exact) mass is 367 g/mol. The molecular weight excluding hydrogens is 346 g/mol. The van der Waals surface area contributed by atoms with Gasteiger partial charge in [0.05, 0.1) is 24.7 Å².